The van der Waals surface area contributed by atoms with Crippen molar-refractivity contribution in [1.82, 2.24) is 5.32 Å². The summed E-state index contributed by atoms with van der Waals surface area (Å²) >= 11 is 0. The molecule has 2 aromatic rings. The maximum Gasteiger partial charge on any atom is 0.252 e. The zero-order valence-corrected chi connectivity index (χ0v) is 13.8. The number of carbonyl (C=O) groups is 2. The van der Waals surface area contributed by atoms with E-state index in [4.69, 9.17) is 10.5 Å². The van der Waals surface area contributed by atoms with Crippen molar-refractivity contribution in [3.8, 4) is 11.5 Å². The quantitative estimate of drug-likeness (QED) is 0.459. The lowest BCUT2D eigenvalue weighted by Gasteiger charge is -2.09. The van der Waals surface area contributed by atoms with Gasteiger partial charge in [-0.2, -0.15) is 0 Å². The number of primary amides is 1. The van der Waals surface area contributed by atoms with Gasteiger partial charge in [-0.1, -0.05) is 0 Å². The molecule has 0 radical (unpaired) electrons. The first kappa shape index (κ1) is 18.3. The zero-order chi connectivity index (χ0) is 18.4. The van der Waals surface area contributed by atoms with Crippen molar-refractivity contribution in [2.45, 2.75) is 9.79 Å². The summed E-state index contributed by atoms with van der Waals surface area (Å²) in [7, 11) is -3.89. The molecule has 4 N–H and O–H groups in total. The number of nitrogens with two attached hydrogens (primary N) is 1. The molecule has 0 saturated heterocycles. The predicted molar refractivity (Wildman–Crippen MR) is 88.1 cm³/mol. The smallest absolute Gasteiger partial charge is 0.252 e. The number of ether oxygens (including phenoxy) is 1. The summed E-state index contributed by atoms with van der Waals surface area (Å²) in [5.74, 6) is -0.878. The molecule has 132 valence electrons. The van der Waals surface area contributed by atoms with Crippen LogP contribution in [-0.4, -0.2) is 39.0 Å². The number of benzene rings is 2. The number of carbonyl (C=O) groups excluding carboxylic acids is 2. The molecule has 0 aliphatic heterocycles. The highest BCUT2D eigenvalue weighted by Gasteiger charge is 2.20. The summed E-state index contributed by atoms with van der Waals surface area (Å²) in [6.45, 7) is 0.567. The Morgan fingerprint density at radius 1 is 1.16 bits per heavy atom. The Bertz CT molecular complexity index is 878. The lowest BCUT2D eigenvalue weighted by molar-refractivity contribution is -0.109. The largest absolute Gasteiger partial charge is 0.507 e. The summed E-state index contributed by atoms with van der Waals surface area (Å²) in [5.41, 5.74) is 4.84. The Labute approximate surface area is 144 Å². The average Bonchev–Trinajstić information content (AvgIpc) is 2.59. The summed E-state index contributed by atoms with van der Waals surface area (Å²) < 4.78 is 30.6. The first-order valence-electron chi connectivity index (χ1n) is 7.14. The maximum absolute atomic E-state index is 12.6. The minimum absolute atomic E-state index is 0.00743. The fraction of sp³-hybridized carbons (Fsp3) is 0.125. The Morgan fingerprint density at radius 2 is 1.80 bits per heavy atom. The second-order valence-electron chi connectivity index (χ2n) is 4.94. The molecule has 0 spiro atoms. The molecule has 0 unspecified atom stereocenters. The second kappa shape index (κ2) is 7.67. The summed E-state index contributed by atoms with van der Waals surface area (Å²) in [5, 5.41) is 12.0. The number of aromatic hydroxyl groups is 1. The van der Waals surface area contributed by atoms with Crippen LogP contribution in [0.1, 0.15) is 10.4 Å². The van der Waals surface area contributed by atoms with E-state index in [2.05, 4.69) is 5.32 Å². The van der Waals surface area contributed by atoms with Crippen LogP contribution in [0, 0.1) is 0 Å². The molecule has 0 saturated carbocycles. The Morgan fingerprint density at radius 3 is 2.40 bits per heavy atom. The van der Waals surface area contributed by atoms with Gasteiger partial charge in [0.15, 0.2) is 0 Å². The molecule has 0 aliphatic rings. The molecular weight excluding hydrogens is 348 g/mol. The van der Waals surface area contributed by atoms with Gasteiger partial charge in [0.1, 0.15) is 18.1 Å². The summed E-state index contributed by atoms with van der Waals surface area (Å²) in [6, 6.07) is 8.98. The van der Waals surface area contributed by atoms with Gasteiger partial charge in [-0.05, 0) is 42.5 Å². The first-order valence-corrected chi connectivity index (χ1v) is 8.62. The van der Waals surface area contributed by atoms with E-state index in [0.717, 1.165) is 12.1 Å². The topological polar surface area (TPSA) is 136 Å². The molecule has 0 fully saturated rings. The molecule has 9 heteroatoms. The van der Waals surface area contributed by atoms with Gasteiger partial charge in [0.05, 0.1) is 21.9 Å². The predicted octanol–water partition coefficient (Wildman–Crippen LogP) is 0.449. The van der Waals surface area contributed by atoms with Crippen molar-refractivity contribution >= 4 is 22.2 Å². The third-order valence-corrected chi connectivity index (χ3v) is 5.04. The fourth-order valence-electron chi connectivity index (χ4n) is 2.02. The van der Waals surface area contributed by atoms with E-state index >= 15 is 0 Å². The number of phenols is 1. The van der Waals surface area contributed by atoms with Crippen molar-refractivity contribution < 1.29 is 27.9 Å². The van der Waals surface area contributed by atoms with Crippen LogP contribution < -0.4 is 15.8 Å². The van der Waals surface area contributed by atoms with Crippen LogP contribution in [0.3, 0.4) is 0 Å². The average molecular weight is 364 g/mol. The van der Waals surface area contributed by atoms with E-state index in [1.165, 1.54) is 30.3 Å². The van der Waals surface area contributed by atoms with Gasteiger partial charge in [0, 0.05) is 0 Å². The highest BCUT2D eigenvalue weighted by atomic mass is 32.2. The number of nitrogens with one attached hydrogen (secondary N) is 1. The highest BCUT2D eigenvalue weighted by molar-refractivity contribution is 7.91. The third kappa shape index (κ3) is 4.27. The van der Waals surface area contributed by atoms with Gasteiger partial charge in [-0.15, -0.1) is 0 Å². The van der Waals surface area contributed by atoms with Crippen LogP contribution in [0.5, 0.6) is 11.5 Å². The minimum atomic E-state index is -3.89. The highest BCUT2D eigenvalue weighted by Crippen LogP contribution is 2.27. The van der Waals surface area contributed by atoms with Crippen LogP contribution in [0.25, 0.3) is 0 Å². The third-order valence-electron chi connectivity index (χ3n) is 3.28. The van der Waals surface area contributed by atoms with E-state index in [-0.39, 0.29) is 27.7 Å². The van der Waals surface area contributed by atoms with Gasteiger partial charge in [0.25, 0.3) is 5.91 Å². The van der Waals surface area contributed by atoms with E-state index < -0.39 is 15.7 Å². The summed E-state index contributed by atoms with van der Waals surface area (Å²) in [6.07, 6.45) is 0.553. The Hall–Kier alpha value is -3.07. The van der Waals surface area contributed by atoms with Crippen LogP contribution in [0.15, 0.2) is 52.3 Å². The van der Waals surface area contributed by atoms with Crippen molar-refractivity contribution in [3.63, 3.8) is 0 Å². The fourth-order valence-corrected chi connectivity index (χ4v) is 3.30. The maximum atomic E-state index is 12.6. The van der Waals surface area contributed by atoms with Gasteiger partial charge >= 0.3 is 0 Å². The Kier molecular flexibility index (Phi) is 5.60. The van der Waals surface area contributed by atoms with Gasteiger partial charge in [-0.3, -0.25) is 9.59 Å². The van der Waals surface area contributed by atoms with Crippen LogP contribution in [-0.2, 0) is 14.6 Å². The number of amides is 2. The van der Waals surface area contributed by atoms with E-state index in [1.807, 2.05) is 0 Å². The van der Waals surface area contributed by atoms with Crippen molar-refractivity contribution in [1.29, 1.82) is 0 Å². The number of sulfone groups is 1. The molecule has 0 atom stereocenters. The lowest BCUT2D eigenvalue weighted by Crippen LogP contribution is -2.18. The molecule has 0 bridgehead atoms. The normalized spacial score (nSPS) is 10.9. The monoisotopic (exact) mass is 364 g/mol. The van der Waals surface area contributed by atoms with E-state index in [9.17, 15) is 23.1 Å². The number of hydrogen-bond acceptors (Lipinski definition) is 6. The Balaban J connectivity index is 2.23. The zero-order valence-electron chi connectivity index (χ0n) is 13.0. The number of hydrogen-bond donors (Lipinski definition) is 3. The second-order valence-corrected chi connectivity index (χ2v) is 6.89. The van der Waals surface area contributed by atoms with Crippen molar-refractivity contribution in [3.05, 3.63) is 48.0 Å². The molecule has 2 amide bonds. The van der Waals surface area contributed by atoms with E-state index in [1.54, 1.807) is 0 Å². The molecule has 0 aromatic heterocycles. The molecular formula is C16H16N2O6S. The standard InChI is InChI=1S/C16H16N2O6S/c17-16(21)14-9-13(5-6-15(14)20)25(22,23)12-3-1-11(2-4-12)24-8-7-18-10-19/h1-6,9-10,20H,7-8H2,(H2,17,21)(H,18,19). The lowest BCUT2D eigenvalue weighted by atomic mass is 10.2. The van der Waals surface area contributed by atoms with Crippen molar-refractivity contribution in [2.75, 3.05) is 13.2 Å². The van der Waals surface area contributed by atoms with Gasteiger partial charge < -0.3 is 20.9 Å². The van der Waals surface area contributed by atoms with Gasteiger partial charge in [-0.25, -0.2) is 8.42 Å². The minimum Gasteiger partial charge on any atom is -0.507 e. The van der Waals surface area contributed by atoms with Crippen LogP contribution in [0.4, 0.5) is 0 Å². The van der Waals surface area contributed by atoms with Crippen LogP contribution >= 0.6 is 0 Å². The van der Waals surface area contributed by atoms with Crippen LogP contribution in [0.2, 0.25) is 0 Å². The SMILES string of the molecule is NC(=O)c1cc(S(=O)(=O)c2ccc(OCCNC=O)cc2)ccc1O. The van der Waals surface area contributed by atoms with E-state index in [0.29, 0.717) is 18.7 Å². The molecule has 0 heterocycles. The first-order chi connectivity index (χ1) is 11.9. The molecule has 0 aliphatic carbocycles. The molecule has 2 aromatic carbocycles. The molecule has 8 nitrogen and oxygen atoms in total. The molecule has 25 heavy (non-hydrogen) atoms. The van der Waals surface area contributed by atoms with Crippen molar-refractivity contribution in [2.24, 2.45) is 5.73 Å². The number of rotatable bonds is 8. The summed E-state index contributed by atoms with van der Waals surface area (Å²) in [4.78, 5) is 21.2. The van der Waals surface area contributed by atoms with Gasteiger partial charge in [0.2, 0.25) is 16.2 Å². The molecule has 2 rings (SSSR count).